The number of nitrogens with zero attached hydrogens (tertiary/aromatic N) is 1. The summed E-state index contributed by atoms with van der Waals surface area (Å²) < 4.78 is 3.99. The first kappa shape index (κ1) is 30.6. The van der Waals surface area contributed by atoms with Crippen LogP contribution in [0.15, 0.2) is 54.6 Å². The molecule has 4 rings (SSSR count). The number of Topliss-reactive ketones (excluding diaryl/α,β-unsaturated/α-hetero) is 1. The molecule has 1 heterocycles. The van der Waals surface area contributed by atoms with Gasteiger partial charge in [0.25, 0.3) is 0 Å². The van der Waals surface area contributed by atoms with Gasteiger partial charge in [0.1, 0.15) is 9.93 Å². The lowest BCUT2D eigenvalue weighted by Crippen LogP contribution is -2.25. The van der Waals surface area contributed by atoms with Crippen molar-refractivity contribution in [1.82, 2.24) is 4.98 Å². The summed E-state index contributed by atoms with van der Waals surface area (Å²) in [5.74, 6) is -2.44. The molecular formula is C29H25Cl5N2O4. The van der Waals surface area contributed by atoms with Crippen molar-refractivity contribution in [2.45, 2.75) is 49.5 Å². The highest BCUT2D eigenvalue weighted by atomic mass is 35.5. The molecule has 210 valence electrons. The van der Waals surface area contributed by atoms with Gasteiger partial charge < -0.3 is 10.1 Å². The Hall–Kier alpha value is -2.35. The third-order valence-corrected chi connectivity index (χ3v) is 7.77. The summed E-state index contributed by atoms with van der Waals surface area (Å²) in [5, 5.41) is 3.80. The van der Waals surface area contributed by atoms with E-state index >= 15 is 0 Å². The van der Waals surface area contributed by atoms with Crippen molar-refractivity contribution in [3.8, 4) is 0 Å². The van der Waals surface area contributed by atoms with Crippen molar-refractivity contribution < 1.29 is 19.1 Å². The molecule has 0 bridgehead atoms. The Balaban J connectivity index is 1.45. The molecule has 1 fully saturated rings. The smallest absolute Gasteiger partial charge is 0.312 e. The van der Waals surface area contributed by atoms with Gasteiger partial charge >= 0.3 is 5.97 Å². The number of esters is 1. The third-order valence-electron chi connectivity index (χ3n) is 6.07. The highest BCUT2D eigenvalue weighted by Gasteiger charge is 2.67. The maximum Gasteiger partial charge on any atom is 0.312 e. The fraction of sp³-hybridized carbons (Fsp3) is 0.310. The molecule has 11 heteroatoms. The number of hydrogen-bond acceptors (Lipinski definition) is 5. The molecule has 3 aromatic rings. The van der Waals surface area contributed by atoms with Gasteiger partial charge in [0, 0.05) is 32.9 Å². The van der Waals surface area contributed by atoms with Gasteiger partial charge in [0.05, 0.1) is 29.5 Å². The minimum absolute atomic E-state index is 0.0201. The van der Waals surface area contributed by atoms with Gasteiger partial charge in [0.2, 0.25) is 5.91 Å². The standard InChI is InChI=1S/C29H25Cl5N2O4/c1-28(2,3)40-24(38)14-19-6-4-5-18(35-19)13-23(37)21-12-20(7-8-22(21)32)36-27(39)26-25(29(26,33)34)15-9-16(30)11-17(31)10-15/h4-12,25-26H,13-14H2,1-3H3,(H,36,39). The quantitative estimate of drug-likeness (QED) is 0.154. The molecule has 0 saturated heterocycles. The second kappa shape index (κ2) is 11.9. The molecule has 40 heavy (non-hydrogen) atoms. The van der Waals surface area contributed by atoms with Crippen LogP contribution in [-0.2, 0) is 27.2 Å². The summed E-state index contributed by atoms with van der Waals surface area (Å²) in [6, 6.07) is 14.6. The molecule has 2 atom stereocenters. The minimum Gasteiger partial charge on any atom is -0.460 e. The van der Waals surface area contributed by atoms with E-state index in [0.29, 0.717) is 32.7 Å². The van der Waals surface area contributed by atoms with E-state index in [4.69, 9.17) is 62.7 Å². The number of ether oxygens (including phenoxy) is 1. The van der Waals surface area contributed by atoms with Crippen LogP contribution >= 0.6 is 58.0 Å². The number of halogens is 5. The topological polar surface area (TPSA) is 85.4 Å². The van der Waals surface area contributed by atoms with Crippen LogP contribution in [0.4, 0.5) is 5.69 Å². The first-order chi connectivity index (χ1) is 18.6. The molecule has 1 aliphatic carbocycles. The van der Waals surface area contributed by atoms with E-state index in [-0.39, 0.29) is 29.2 Å². The third kappa shape index (κ3) is 7.48. The lowest BCUT2D eigenvalue weighted by Gasteiger charge is -2.19. The second-order valence-corrected chi connectivity index (χ2v) is 13.2. The molecule has 0 aliphatic heterocycles. The van der Waals surface area contributed by atoms with Crippen molar-refractivity contribution in [3.05, 3.63) is 92.2 Å². The monoisotopic (exact) mass is 640 g/mol. The number of ketones is 1. The van der Waals surface area contributed by atoms with E-state index in [1.54, 1.807) is 63.2 Å². The molecule has 2 aromatic carbocycles. The van der Waals surface area contributed by atoms with Crippen LogP contribution in [0.1, 0.15) is 54.0 Å². The van der Waals surface area contributed by atoms with Crippen LogP contribution in [0.3, 0.4) is 0 Å². The number of alkyl halides is 2. The van der Waals surface area contributed by atoms with E-state index in [1.165, 1.54) is 12.1 Å². The number of carbonyl (C=O) groups is 3. The lowest BCUT2D eigenvalue weighted by atomic mass is 10.0. The van der Waals surface area contributed by atoms with Crippen molar-refractivity contribution in [2.24, 2.45) is 5.92 Å². The lowest BCUT2D eigenvalue weighted by molar-refractivity contribution is -0.154. The molecule has 1 saturated carbocycles. The normalized spacial score (nSPS) is 17.7. The summed E-state index contributed by atoms with van der Waals surface area (Å²) >= 11 is 31.4. The van der Waals surface area contributed by atoms with Crippen molar-refractivity contribution in [3.63, 3.8) is 0 Å². The largest absolute Gasteiger partial charge is 0.460 e. The number of hydrogen-bond donors (Lipinski definition) is 1. The molecule has 1 aliphatic rings. The number of carbonyl (C=O) groups excluding carboxylic acids is 3. The first-order valence-corrected chi connectivity index (χ1v) is 14.2. The van der Waals surface area contributed by atoms with E-state index in [9.17, 15) is 14.4 Å². The Kier molecular flexibility index (Phi) is 9.08. The summed E-state index contributed by atoms with van der Waals surface area (Å²) in [7, 11) is 0. The Labute approximate surface area is 257 Å². The van der Waals surface area contributed by atoms with Gasteiger partial charge in [-0.15, -0.1) is 23.2 Å². The Morgan fingerprint density at radius 2 is 1.55 bits per heavy atom. The number of benzene rings is 2. The maximum absolute atomic E-state index is 13.1. The zero-order chi connectivity index (χ0) is 29.4. The van der Waals surface area contributed by atoms with Crippen molar-refractivity contribution >= 4 is 81.4 Å². The molecule has 1 aromatic heterocycles. The Morgan fingerprint density at radius 3 is 2.17 bits per heavy atom. The van der Waals surface area contributed by atoms with Gasteiger partial charge in [-0.2, -0.15) is 0 Å². The van der Waals surface area contributed by atoms with E-state index < -0.39 is 33.6 Å². The maximum atomic E-state index is 13.1. The number of amides is 1. The fourth-order valence-electron chi connectivity index (χ4n) is 4.37. The van der Waals surface area contributed by atoms with Gasteiger partial charge in [-0.1, -0.05) is 40.9 Å². The van der Waals surface area contributed by atoms with Crippen LogP contribution in [0, 0.1) is 5.92 Å². The number of anilines is 1. The molecule has 0 spiro atoms. The van der Waals surface area contributed by atoms with E-state index in [0.717, 1.165) is 0 Å². The van der Waals surface area contributed by atoms with Crippen molar-refractivity contribution in [2.75, 3.05) is 5.32 Å². The average molecular weight is 643 g/mol. The Bertz CT molecular complexity index is 1470. The zero-order valence-corrected chi connectivity index (χ0v) is 25.5. The summed E-state index contributed by atoms with van der Waals surface area (Å²) in [4.78, 5) is 42.8. The minimum atomic E-state index is -1.35. The highest BCUT2D eigenvalue weighted by molar-refractivity contribution is 6.53. The SMILES string of the molecule is CC(C)(C)OC(=O)Cc1cccc(CC(=O)c2cc(NC(=O)C3C(c4cc(Cl)cc(Cl)c4)C3(Cl)Cl)ccc2Cl)n1. The van der Waals surface area contributed by atoms with Gasteiger partial charge in [0.15, 0.2) is 5.78 Å². The molecular weight excluding hydrogens is 618 g/mol. The van der Waals surface area contributed by atoms with Crippen LogP contribution in [0.25, 0.3) is 0 Å². The predicted octanol–water partition coefficient (Wildman–Crippen LogP) is 7.88. The predicted molar refractivity (Wildman–Crippen MR) is 159 cm³/mol. The summed E-state index contributed by atoms with van der Waals surface area (Å²) in [6.07, 6.45) is -0.0836. The number of pyridine rings is 1. The van der Waals surface area contributed by atoms with Crippen LogP contribution in [0.5, 0.6) is 0 Å². The summed E-state index contributed by atoms with van der Waals surface area (Å²) in [6.45, 7) is 5.36. The van der Waals surface area contributed by atoms with Gasteiger partial charge in [-0.05, 0) is 74.9 Å². The highest BCUT2D eigenvalue weighted by Crippen LogP contribution is 2.65. The molecule has 6 nitrogen and oxygen atoms in total. The molecule has 0 radical (unpaired) electrons. The van der Waals surface area contributed by atoms with Crippen LogP contribution < -0.4 is 5.32 Å². The van der Waals surface area contributed by atoms with Crippen LogP contribution in [0.2, 0.25) is 15.1 Å². The Morgan fingerprint density at radius 1 is 0.925 bits per heavy atom. The fourth-order valence-corrected chi connectivity index (χ4v) is 5.96. The first-order valence-electron chi connectivity index (χ1n) is 12.3. The van der Waals surface area contributed by atoms with E-state index in [2.05, 4.69) is 10.3 Å². The van der Waals surface area contributed by atoms with E-state index in [1.807, 2.05) is 0 Å². The summed E-state index contributed by atoms with van der Waals surface area (Å²) in [5.41, 5.74) is 1.54. The number of rotatable bonds is 8. The molecule has 1 N–H and O–H groups in total. The average Bonchev–Trinajstić information content (AvgIpc) is 3.40. The molecule has 1 amide bonds. The number of aromatic nitrogens is 1. The van der Waals surface area contributed by atoms with Gasteiger partial charge in [-0.3, -0.25) is 19.4 Å². The van der Waals surface area contributed by atoms with Gasteiger partial charge in [-0.25, -0.2) is 0 Å². The van der Waals surface area contributed by atoms with Crippen LogP contribution in [-0.4, -0.2) is 32.6 Å². The van der Waals surface area contributed by atoms with Crippen molar-refractivity contribution in [1.29, 1.82) is 0 Å². The number of nitrogens with one attached hydrogen (secondary N) is 1. The zero-order valence-electron chi connectivity index (χ0n) is 21.7. The second-order valence-electron chi connectivity index (χ2n) is 10.5. The molecule has 2 unspecified atom stereocenters.